The van der Waals surface area contributed by atoms with Crippen molar-refractivity contribution < 1.29 is 13.2 Å². The van der Waals surface area contributed by atoms with Crippen molar-refractivity contribution in [3.63, 3.8) is 0 Å². The number of piperidine rings is 1. The average molecular weight is 421 g/mol. The number of nitrogens with zero attached hydrogens (tertiary/aromatic N) is 1. The molecule has 3 rings (SSSR count). The van der Waals surface area contributed by atoms with E-state index in [9.17, 15) is 13.2 Å². The third-order valence-electron chi connectivity index (χ3n) is 5.26. The number of aryl methyl sites for hydroxylation is 1. The van der Waals surface area contributed by atoms with E-state index in [1.165, 1.54) is 12.1 Å². The number of likely N-dealkylation sites (tertiary alicyclic amines) is 1. The second kappa shape index (κ2) is 8.13. The predicted molar refractivity (Wildman–Crippen MR) is 112 cm³/mol. The SMILES string of the molecule is Cc1cccc(NS(=O)(=O)c2cc(C(=O)N3CCCC(C)C3)ccc2Cl)c1C. The topological polar surface area (TPSA) is 66.5 Å². The monoisotopic (exact) mass is 420 g/mol. The van der Waals surface area contributed by atoms with Crippen molar-refractivity contribution in [1.82, 2.24) is 4.90 Å². The zero-order chi connectivity index (χ0) is 20.5. The van der Waals surface area contributed by atoms with Crippen LogP contribution in [-0.4, -0.2) is 32.3 Å². The van der Waals surface area contributed by atoms with Crippen LogP contribution in [0.1, 0.15) is 41.3 Å². The number of rotatable bonds is 4. The summed E-state index contributed by atoms with van der Waals surface area (Å²) in [5.74, 6) is 0.283. The molecule has 0 radical (unpaired) electrons. The van der Waals surface area contributed by atoms with Crippen LogP contribution in [0.25, 0.3) is 0 Å². The molecular formula is C21H25ClN2O3S. The van der Waals surface area contributed by atoms with Crippen LogP contribution >= 0.6 is 11.6 Å². The Labute approximate surface area is 171 Å². The van der Waals surface area contributed by atoms with Gasteiger partial charge < -0.3 is 4.90 Å². The number of hydrogen-bond donors (Lipinski definition) is 1. The Balaban J connectivity index is 1.92. The van der Waals surface area contributed by atoms with Gasteiger partial charge in [0.1, 0.15) is 4.90 Å². The lowest BCUT2D eigenvalue weighted by Gasteiger charge is -2.31. The molecule has 1 saturated heterocycles. The van der Waals surface area contributed by atoms with Crippen molar-refractivity contribution in [2.24, 2.45) is 5.92 Å². The van der Waals surface area contributed by atoms with Gasteiger partial charge in [0, 0.05) is 18.7 Å². The maximum Gasteiger partial charge on any atom is 0.263 e. The first-order chi connectivity index (χ1) is 13.2. The lowest BCUT2D eigenvalue weighted by Crippen LogP contribution is -2.39. The first-order valence-electron chi connectivity index (χ1n) is 9.37. The highest BCUT2D eigenvalue weighted by atomic mass is 35.5. The van der Waals surface area contributed by atoms with Gasteiger partial charge >= 0.3 is 0 Å². The summed E-state index contributed by atoms with van der Waals surface area (Å²) < 4.78 is 28.5. The van der Waals surface area contributed by atoms with Crippen LogP contribution in [0.5, 0.6) is 0 Å². The molecule has 0 bridgehead atoms. The fourth-order valence-corrected chi connectivity index (χ4v) is 5.11. The zero-order valence-electron chi connectivity index (χ0n) is 16.3. The maximum absolute atomic E-state index is 13.0. The van der Waals surface area contributed by atoms with Crippen molar-refractivity contribution in [1.29, 1.82) is 0 Å². The average Bonchev–Trinajstić information content (AvgIpc) is 2.65. The largest absolute Gasteiger partial charge is 0.338 e. The molecule has 1 heterocycles. The van der Waals surface area contributed by atoms with Gasteiger partial charge in [-0.25, -0.2) is 8.42 Å². The van der Waals surface area contributed by atoms with Crippen LogP contribution < -0.4 is 4.72 Å². The Kier molecular flexibility index (Phi) is 6.01. The molecule has 0 spiro atoms. The number of amides is 1. The van der Waals surface area contributed by atoms with E-state index in [1.807, 2.05) is 19.9 Å². The third kappa shape index (κ3) is 4.33. The molecule has 2 aromatic carbocycles. The highest BCUT2D eigenvalue weighted by Gasteiger charge is 2.25. The van der Waals surface area contributed by atoms with Crippen LogP contribution in [0.15, 0.2) is 41.3 Å². The highest BCUT2D eigenvalue weighted by molar-refractivity contribution is 7.92. The lowest BCUT2D eigenvalue weighted by atomic mass is 9.99. The normalized spacial score (nSPS) is 17.4. The molecule has 0 aliphatic carbocycles. The molecule has 0 aromatic heterocycles. The molecule has 1 aliphatic rings. The lowest BCUT2D eigenvalue weighted by molar-refractivity contribution is 0.0683. The van der Waals surface area contributed by atoms with E-state index in [0.29, 0.717) is 30.3 Å². The quantitative estimate of drug-likeness (QED) is 0.784. The number of anilines is 1. The van der Waals surface area contributed by atoms with E-state index in [-0.39, 0.29) is 15.8 Å². The van der Waals surface area contributed by atoms with Gasteiger partial charge in [-0.3, -0.25) is 9.52 Å². The summed E-state index contributed by atoms with van der Waals surface area (Å²) in [7, 11) is -3.93. The zero-order valence-corrected chi connectivity index (χ0v) is 17.9. The number of sulfonamides is 1. The molecule has 1 fully saturated rings. The number of nitrogens with one attached hydrogen (secondary N) is 1. The summed E-state index contributed by atoms with van der Waals surface area (Å²) in [5, 5.41) is 0.0846. The molecule has 0 saturated carbocycles. The Hall–Kier alpha value is -2.05. The van der Waals surface area contributed by atoms with Crippen molar-refractivity contribution in [3.05, 3.63) is 58.1 Å². The molecule has 7 heteroatoms. The minimum absolute atomic E-state index is 0.0846. The first-order valence-corrected chi connectivity index (χ1v) is 11.2. The van der Waals surface area contributed by atoms with E-state index in [1.54, 1.807) is 23.1 Å². The van der Waals surface area contributed by atoms with E-state index in [0.717, 1.165) is 24.0 Å². The van der Waals surface area contributed by atoms with Gasteiger partial charge in [0.25, 0.3) is 15.9 Å². The van der Waals surface area contributed by atoms with Gasteiger partial charge in [0.2, 0.25) is 0 Å². The Bertz CT molecular complexity index is 1000. The standard InChI is InChI=1S/C21H25ClN2O3S/c1-14-6-5-11-24(13-14)21(25)17-9-10-18(22)20(12-17)28(26,27)23-19-8-4-7-15(2)16(19)3/h4,7-10,12,14,23H,5-6,11,13H2,1-3H3. The van der Waals surface area contributed by atoms with Gasteiger partial charge in [-0.2, -0.15) is 0 Å². The second-order valence-electron chi connectivity index (χ2n) is 7.50. The summed E-state index contributed by atoms with van der Waals surface area (Å²) in [6.07, 6.45) is 2.06. The van der Waals surface area contributed by atoms with E-state index in [2.05, 4.69) is 11.6 Å². The molecular weight excluding hydrogens is 396 g/mol. The minimum Gasteiger partial charge on any atom is -0.338 e. The molecule has 1 atom stereocenters. The van der Waals surface area contributed by atoms with Gasteiger partial charge in [-0.1, -0.05) is 30.7 Å². The van der Waals surface area contributed by atoms with Crippen LogP contribution in [-0.2, 0) is 10.0 Å². The Morgan fingerprint density at radius 2 is 1.96 bits per heavy atom. The predicted octanol–water partition coefficient (Wildman–Crippen LogP) is 4.63. The van der Waals surface area contributed by atoms with Crippen molar-refractivity contribution in [2.75, 3.05) is 17.8 Å². The molecule has 5 nitrogen and oxygen atoms in total. The second-order valence-corrected chi connectivity index (χ2v) is 9.55. The van der Waals surface area contributed by atoms with Gasteiger partial charge in [0.05, 0.1) is 10.7 Å². The number of benzene rings is 2. The molecule has 1 amide bonds. The first kappa shape index (κ1) is 20.7. The number of carbonyl (C=O) groups is 1. The van der Waals surface area contributed by atoms with Crippen molar-refractivity contribution >= 4 is 33.2 Å². The fourth-order valence-electron chi connectivity index (χ4n) is 3.46. The van der Waals surface area contributed by atoms with Crippen molar-refractivity contribution in [2.45, 2.75) is 38.5 Å². The summed E-state index contributed by atoms with van der Waals surface area (Å²) in [5.41, 5.74) is 2.66. The van der Waals surface area contributed by atoms with Gasteiger partial charge in [-0.05, 0) is 68.0 Å². The summed E-state index contributed by atoms with van der Waals surface area (Å²) in [6, 6.07) is 9.84. The smallest absolute Gasteiger partial charge is 0.263 e. The van der Waals surface area contributed by atoms with E-state index >= 15 is 0 Å². The fraction of sp³-hybridized carbons (Fsp3) is 0.381. The Morgan fingerprint density at radius 3 is 2.68 bits per heavy atom. The summed E-state index contributed by atoms with van der Waals surface area (Å²) in [6.45, 7) is 7.26. The molecule has 1 aliphatic heterocycles. The summed E-state index contributed by atoms with van der Waals surface area (Å²) in [4.78, 5) is 14.6. The molecule has 150 valence electrons. The molecule has 2 aromatic rings. The van der Waals surface area contributed by atoms with Crippen LogP contribution in [0, 0.1) is 19.8 Å². The summed E-state index contributed by atoms with van der Waals surface area (Å²) >= 11 is 6.19. The molecule has 1 unspecified atom stereocenters. The maximum atomic E-state index is 13.0. The van der Waals surface area contributed by atoms with Crippen LogP contribution in [0.4, 0.5) is 5.69 Å². The van der Waals surface area contributed by atoms with Crippen molar-refractivity contribution in [3.8, 4) is 0 Å². The number of hydrogen-bond acceptors (Lipinski definition) is 3. The Morgan fingerprint density at radius 1 is 1.21 bits per heavy atom. The van der Waals surface area contributed by atoms with Crippen LogP contribution in [0.2, 0.25) is 5.02 Å². The highest BCUT2D eigenvalue weighted by Crippen LogP contribution is 2.28. The third-order valence-corrected chi connectivity index (χ3v) is 7.11. The van der Waals surface area contributed by atoms with Gasteiger partial charge in [-0.15, -0.1) is 0 Å². The molecule has 28 heavy (non-hydrogen) atoms. The number of carbonyl (C=O) groups excluding carboxylic acids is 1. The van der Waals surface area contributed by atoms with E-state index < -0.39 is 10.0 Å². The molecule has 1 N–H and O–H groups in total. The van der Waals surface area contributed by atoms with Gasteiger partial charge in [0.15, 0.2) is 0 Å². The minimum atomic E-state index is -3.93. The van der Waals surface area contributed by atoms with E-state index in [4.69, 9.17) is 11.6 Å². The van der Waals surface area contributed by atoms with Crippen LogP contribution in [0.3, 0.4) is 0 Å². The number of halogens is 1.